The highest BCUT2D eigenvalue weighted by molar-refractivity contribution is 7.10. The number of aliphatic hydroxyl groups is 5. The van der Waals surface area contributed by atoms with Crippen LogP contribution in [0.2, 0.25) is 0 Å². The number of likely N-dealkylation sites (N-methyl/N-ethyl adjacent to an activating group) is 1. The molecule has 0 bridgehead atoms. The van der Waals surface area contributed by atoms with Crippen LogP contribution in [0.25, 0.3) is 0 Å². The molecule has 0 saturated carbocycles. The van der Waals surface area contributed by atoms with Gasteiger partial charge in [0.25, 0.3) is 0 Å². The van der Waals surface area contributed by atoms with E-state index in [1.807, 2.05) is 17.5 Å². The zero-order valence-corrected chi connectivity index (χ0v) is 30.3. The topological polar surface area (TPSA) is 199 Å². The second kappa shape index (κ2) is 16.2. The molecule has 1 aromatic rings. The van der Waals surface area contributed by atoms with Crippen molar-refractivity contribution < 1.29 is 54.5 Å². The second-order valence-electron chi connectivity index (χ2n) is 14.3. The lowest BCUT2D eigenvalue weighted by Crippen LogP contribution is -2.60. The Labute approximate surface area is 287 Å². The van der Waals surface area contributed by atoms with Gasteiger partial charge in [0, 0.05) is 29.7 Å². The lowest BCUT2D eigenvalue weighted by atomic mass is 9.73. The molecule has 274 valence electrons. The summed E-state index contributed by atoms with van der Waals surface area (Å²) in [5.41, 5.74) is -3.67. The van der Waals surface area contributed by atoms with Crippen molar-refractivity contribution >= 4 is 28.9 Å². The fourth-order valence-electron chi connectivity index (χ4n) is 7.35. The zero-order chi connectivity index (χ0) is 36.3. The highest BCUT2D eigenvalue weighted by Crippen LogP contribution is 2.38. The van der Waals surface area contributed by atoms with Gasteiger partial charge in [-0.15, -0.1) is 11.3 Å². The first-order valence-corrected chi connectivity index (χ1v) is 17.7. The Morgan fingerprint density at radius 2 is 1.75 bits per heavy atom. The van der Waals surface area contributed by atoms with E-state index in [4.69, 9.17) is 14.2 Å². The first kappa shape index (κ1) is 40.3. The van der Waals surface area contributed by atoms with E-state index in [0.717, 1.165) is 4.88 Å². The molecule has 2 saturated heterocycles. The second-order valence-corrected chi connectivity index (χ2v) is 15.4. The van der Waals surface area contributed by atoms with Crippen molar-refractivity contribution in [2.24, 2.45) is 28.8 Å². The van der Waals surface area contributed by atoms with Crippen molar-refractivity contribution in [2.75, 3.05) is 7.05 Å². The van der Waals surface area contributed by atoms with Crippen LogP contribution in [0, 0.1) is 23.7 Å². The number of aliphatic hydroxyl groups excluding tert-OH is 3. The van der Waals surface area contributed by atoms with Gasteiger partial charge in [-0.1, -0.05) is 38.9 Å². The molecule has 14 atom stereocenters. The number of cyclic esters (lactones) is 1. The molecule has 13 nitrogen and oxygen atoms in total. The number of rotatable bonds is 6. The molecular formula is C34H56N2O11S. The van der Waals surface area contributed by atoms with Gasteiger partial charge < -0.3 is 49.9 Å². The molecule has 0 aromatic carbocycles. The van der Waals surface area contributed by atoms with Gasteiger partial charge in [-0.3, -0.25) is 9.59 Å². The van der Waals surface area contributed by atoms with Gasteiger partial charge in [0.2, 0.25) is 5.91 Å². The van der Waals surface area contributed by atoms with Crippen LogP contribution in [0.4, 0.5) is 0 Å². The summed E-state index contributed by atoms with van der Waals surface area (Å²) in [6.45, 7) is 12.6. The molecule has 1 aromatic heterocycles. The van der Waals surface area contributed by atoms with Crippen molar-refractivity contribution in [3.05, 3.63) is 22.4 Å². The minimum atomic E-state index is -1.95. The van der Waals surface area contributed by atoms with Crippen LogP contribution in [-0.2, 0) is 30.2 Å². The molecule has 48 heavy (non-hydrogen) atoms. The van der Waals surface area contributed by atoms with E-state index in [1.165, 1.54) is 37.0 Å². The van der Waals surface area contributed by atoms with E-state index in [1.54, 1.807) is 41.7 Å². The SMILES string of the molecule is CC[C@H]1OC(=O)[C@H](C)[C@@H](O)[C@H](C)[C@@H](O[C@@H]2O[C@H](C)C[C@H](N(C)C(=O)Cc3cccs3)[C@H]2O)C(C)(O)C[C@@H](C)/C(=N\O)[C@H](C)[C@@H](O)[C@]1(C)O. The van der Waals surface area contributed by atoms with Crippen LogP contribution in [0.1, 0.15) is 79.5 Å². The molecule has 2 aliphatic rings. The number of oxime groups is 1. The van der Waals surface area contributed by atoms with Gasteiger partial charge in [0.1, 0.15) is 17.8 Å². The molecule has 2 fully saturated rings. The molecule has 0 aliphatic carbocycles. The van der Waals surface area contributed by atoms with E-state index < -0.39 is 89.8 Å². The third-order valence-electron chi connectivity index (χ3n) is 10.4. The molecule has 1 amide bonds. The maximum atomic E-state index is 13.4. The first-order valence-electron chi connectivity index (χ1n) is 16.8. The number of amides is 1. The smallest absolute Gasteiger partial charge is 0.311 e. The third kappa shape index (κ3) is 8.76. The number of nitrogens with zero attached hydrogens (tertiary/aromatic N) is 2. The average Bonchev–Trinajstić information content (AvgIpc) is 3.54. The highest BCUT2D eigenvalue weighted by Gasteiger charge is 2.51. The van der Waals surface area contributed by atoms with Crippen molar-refractivity contribution in [3.8, 4) is 0 Å². The summed E-state index contributed by atoms with van der Waals surface area (Å²) in [6, 6.07) is 3.04. The Kier molecular flexibility index (Phi) is 13.6. The molecule has 14 heteroatoms. The lowest BCUT2D eigenvalue weighted by molar-refractivity contribution is -0.298. The Hall–Kier alpha value is -2.17. The molecule has 0 spiro atoms. The van der Waals surface area contributed by atoms with Crippen LogP contribution >= 0.6 is 11.3 Å². The summed E-state index contributed by atoms with van der Waals surface area (Å²) in [5.74, 6) is -4.76. The minimum Gasteiger partial charge on any atom is -0.459 e. The van der Waals surface area contributed by atoms with E-state index in [9.17, 15) is 40.3 Å². The quantitative estimate of drug-likeness (QED) is 0.145. The number of esters is 1. The van der Waals surface area contributed by atoms with Crippen LogP contribution in [0.5, 0.6) is 0 Å². The predicted octanol–water partition coefficient (Wildman–Crippen LogP) is 2.32. The number of hydrogen-bond donors (Lipinski definition) is 6. The van der Waals surface area contributed by atoms with Gasteiger partial charge in [-0.05, 0) is 58.4 Å². The van der Waals surface area contributed by atoms with Gasteiger partial charge in [0.05, 0.1) is 54.1 Å². The Balaban J connectivity index is 2.00. The molecule has 3 rings (SSSR count). The number of thiophene rings is 1. The zero-order valence-electron chi connectivity index (χ0n) is 29.5. The Bertz CT molecular complexity index is 1240. The summed E-state index contributed by atoms with van der Waals surface area (Å²) < 4.78 is 18.1. The van der Waals surface area contributed by atoms with E-state index in [0.29, 0.717) is 6.42 Å². The van der Waals surface area contributed by atoms with Gasteiger partial charge >= 0.3 is 5.97 Å². The monoisotopic (exact) mass is 700 g/mol. The molecular weight excluding hydrogens is 644 g/mol. The molecule has 3 heterocycles. The Morgan fingerprint density at radius 3 is 2.31 bits per heavy atom. The maximum absolute atomic E-state index is 13.4. The Morgan fingerprint density at radius 1 is 1.10 bits per heavy atom. The largest absolute Gasteiger partial charge is 0.459 e. The van der Waals surface area contributed by atoms with Gasteiger partial charge in [-0.25, -0.2) is 0 Å². The highest BCUT2D eigenvalue weighted by atomic mass is 32.1. The molecule has 2 aliphatic heterocycles. The number of carbonyl (C=O) groups excluding carboxylic acids is 2. The normalized spacial score (nSPS) is 43.0. The van der Waals surface area contributed by atoms with Crippen LogP contribution in [0.3, 0.4) is 0 Å². The third-order valence-corrected chi connectivity index (χ3v) is 11.2. The van der Waals surface area contributed by atoms with E-state index >= 15 is 0 Å². The van der Waals surface area contributed by atoms with Crippen molar-refractivity contribution in [2.45, 2.75) is 141 Å². The average molecular weight is 701 g/mol. The summed E-state index contributed by atoms with van der Waals surface area (Å²) in [6.07, 6.45) is -7.99. The van der Waals surface area contributed by atoms with Gasteiger partial charge in [-0.2, -0.15) is 0 Å². The van der Waals surface area contributed by atoms with E-state index in [2.05, 4.69) is 5.16 Å². The lowest BCUT2D eigenvalue weighted by Gasteiger charge is -2.47. The molecule has 0 radical (unpaired) electrons. The van der Waals surface area contributed by atoms with Crippen LogP contribution in [-0.4, -0.2) is 120 Å². The predicted molar refractivity (Wildman–Crippen MR) is 178 cm³/mol. The van der Waals surface area contributed by atoms with Crippen molar-refractivity contribution in [1.29, 1.82) is 0 Å². The van der Waals surface area contributed by atoms with E-state index in [-0.39, 0.29) is 30.9 Å². The fraction of sp³-hybridized carbons (Fsp3) is 0.794. The first-order chi connectivity index (χ1) is 22.3. The van der Waals surface area contributed by atoms with Crippen molar-refractivity contribution in [3.63, 3.8) is 0 Å². The van der Waals surface area contributed by atoms with Crippen LogP contribution < -0.4 is 0 Å². The molecule has 6 N–H and O–H groups in total. The summed E-state index contributed by atoms with van der Waals surface area (Å²) in [5, 5.41) is 73.2. The van der Waals surface area contributed by atoms with Crippen molar-refractivity contribution in [1.82, 2.24) is 4.90 Å². The maximum Gasteiger partial charge on any atom is 0.311 e. The summed E-state index contributed by atoms with van der Waals surface area (Å²) >= 11 is 1.46. The minimum absolute atomic E-state index is 0.0788. The number of hydrogen-bond acceptors (Lipinski definition) is 13. The summed E-state index contributed by atoms with van der Waals surface area (Å²) in [7, 11) is 1.62. The standard InChI is InChI=1S/C34H56N2O11S/c1-10-24-34(8,43)29(40)19(4)26(35-44)17(2)16-33(7,42)30(20(5)27(38)21(6)31(41)46-24)47-32-28(39)23(14-18(3)45-32)36(9)25(37)15-22-12-11-13-48-22/h11-13,17-21,23-24,27-30,32,38-40,42-44H,10,14-16H2,1-9H3/b35-26+/t17-,18-,19+,20+,21-,23+,24-,27+,28-,29-,30-,32+,33?,34-/m1/s1. The fourth-order valence-corrected chi connectivity index (χ4v) is 8.05. The summed E-state index contributed by atoms with van der Waals surface area (Å²) in [4.78, 5) is 28.9. The van der Waals surface area contributed by atoms with Crippen LogP contribution in [0.15, 0.2) is 22.7 Å². The number of carbonyl (C=O) groups is 2. The van der Waals surface area contributed by atoms with Gasteiger partial charge in [0.15, 0.2) is 6.29 Å². The molecule has 1 unspecified atom stereocenters. The number of ether oxygens (including phenoxy) is 3.